The molecule has 5 nitrogen and oxygen atoms in total. The van der Waals surface area contributed by atoms with Crippen LogP contribution in [0.5, 0.6) is 0 Å². The van der Waals surface area contributed by atoms with Crippen LogP contribution in [-0.2, 0) is 14.8 Å². The number of rotatable bonds is 4. The van der Waals surface area contributed by atoms with Crippen molar-refractivity contribution in [3.63, 3.8) is 0 Å². The van der Waals surface area contributed by atoms with Crippen LogP contribution in [0.25, 0.3) is 6.08 Å². The van der Waals surface area contributed by atoms with Gasteiger partial charge in [0.25, 0.3) is 0 Å². The highest BCUT2D eigenvalue weighted by molar-refractivity contribution is 7.89. The Morgan fingerprint density at radius 3 is 2.31 bits per heavy atom. The van der Waals surface area contributed by atoms with Crippen LogP contribution in [0.1, 0.15) is 5.56 Å². The number of hydrogen-bond donors (Lipinski definition) is 0. The Hall–Kier alpha value is -2.51. The number of halogens is 1. The third-order valence-corrected chi connectivity index (χ3v) is 6.11. The molecule has 0 aromatic heterocycles. The van der Waals surface area contributed by atoms with E-state index in [0.717, 1.165) is 0 Å². The topological polar surface area (TPSA) is 57.7 Å². The lowest BCUT2D eigenvalue weighted by Gasteiger charge is -2.33. The van der Waals surface area contributed by atoms with E-state index in [1.165, 1.54) is 22.5 Å². The number of amides is 1. The Morgan fingerprint density at radius 1 is 0.962 bits per heavy atom. The normalized spacial score (nSPS) is 16.1. The van der Waals surface area contributed by atoms with Gasteiger partial charge in [-0.25, -0.2) is 12.8 Å². The fourth-order valence-electron chi connectivity index (χ4n) is 2.77. The first-order valence-corrected chi connectivity index (χ1v) is 9.68. The summed E-state index contributed by atoms with van der Waals surface area (Å²) in [5.41, 5.74) is 0.601. The van der Waals surface area contributed by atoms with Crippen LogP contribution >= 0.6 is 0 Å². The Balaban J connectivity index is 1.60. The van der Waals surface area contributed by atoms with E-state index in [1.807, 2.05) is 0 Å². The molecular formula is C19H19FN2O3S. The molecule has 0 radical (unpaired) electrons. The molecule has 136 valence electrons. The van der Waals surface area contributed by atoms with Crippen molar-refractivity contribution in [1.29, 1.82) is 0 Å². The van der Waals surface area contributed by atoms with Crippen molar-refractivity contribution in [1.82, 2.24) is 9.21 Å². The van der Waals surface area contributed by atoms with Gasteiger partial charge in [-0.15, -0.1) is 0 Å². The zero-order valence-electron chi connectivity index (χ0n) is 14.1. The molecule has 2 aromatic carbocycles. The molecule has 0 spiro atoms. The van der Waals surface area contributed by atoms with Gasteiger partial charge >= 0.3 is 0 Å². The summed E-state index contributed by atoms with van der Waals surface area (Å²) in [5, 5.41) is 0. The maximum absolute atomic E-state index is 13.1. The second-order valence-corrected chi connectivity index (χ2v) is 7.87. The molecule has 0 aliphatic carbocycles. The average molecular weight is 374 g/mol. The first-order chi connectivity index (χ1) is 12.5. The number of piperazine rings is 1. The highest BCUT2D eigenvalue weighted by atomic mass is 32.2. The molecule has 1 amide bonds. The number of nitrogens with zero attached hydrogens (tertiary/aromatic N) is 2. The van der Waals surface area contributed by atoms with Gasteiger partial charge in [0.15, 0.2) is 0 Å². The van der Waals surface area contributed by atoms with Crippen LogP contribution in [0.4, 0.5) is 4.39 Å². The van der Waals surface area contributed by atoms with Crippen LogP contribution in [0.15, 0.2) is 65.6 Å². The molecule has 0 bridgehead atoms. The molecule has 1 aliphatic rings. The number of hydrogen-bond acceptors (Lipinski definition) is 3. The van der Waals surface area contributed by atoms with Crippen LogP contribution in [0.2, 0.25) is 0 Å². The van der Waals surface area contributed by atoms with E-state index < -0.39 is 10.0 Å². The van der Waals surface area contributed by atoms with Gasteiger partial charge in [-0.3, -0.25) is 4.79 Å². The molecule has 7 heteroatoms. The van der Waals surface area contributed by atoms with Gasteiger partial charge < -0.3 is 4.90 Å². The van der Waals surface area contributed by atoms with Crippen LogP contribution < -0.4 is 0 Å². The highest BCUT2D eigenvalue weighted by Gasteiger charge is 2.29. The summed E-state index contributed by atoms with van der Waals surface area (Å²) in [6.45, 7) is 1.13. The summed E-state index contributed by atoms with van der Waals surface area (Å²) in [6, 6.07) is 14.2. The van der Waals surface area contributed by atoms with Gasteiger partial charge in [-0.1, -0.05) is 30.3 Å². The average Bonchev–Trinajstić information content (AvgIpc) is 2.67. The zero-order valence-corrected chi connectivity index (χ0v) is 14.9. The van der Waals surface area contributed by atoms with E-state index in [1.54, 1.807) is 53.4 Å². The maximum Gasteiger partial charge on any atom is 0.246 e. The van der Waals surface area contributed by atoms with Crippen molar-refractivity contribution in [2.75, 3.05) is 26.2 Å². The van der Waals surface area contributed by atoms with Gasteiger partial charge in [0.2, 0.25) is 15.9 Å². The van der Waals surface area contributed by atoms with Crippen LogP contribution in [0.3, 0.4) is 0 Å². The van der Waals surface area contributed by atoms with E-state index in [4.69, 9.17) is 0 Å². The lowest BCUT2D eigenvalue weighted by Crippen LogP contribution is -2.50. The van der Waals surface area contributed by atoms with E-state index in [9.17, 15) is 17.6 Å². The minimum absolute atomic E-state index is 0.217. The largest absolute Gasteiger partial charge is 0.337 e. The van der Waals surface area contributed by atoms with Gasteiger partial charge in [0.1, 0.15) is 5.82 Å². The second-order valence-electron chi connectivity index (χ2n) is 5.93. The molecule has 1 saturated heterocycles. The van der Waals surface area contributed by atoms with E-state index in [-0.39, 0.29) is 29.7 Å². The van der Waals surface area contributed by atoms with Crippen LogP contribution in [-0.4, -0.2) is 49.7 Å². The van der Waals surface area contributed by atoms with E-state index in [0.29, 0.717) is 18.7 Å². The Morgan fingerprint density at radius 2 is 1.65 bits per heavy atom. The molecule has 0 N–H and O–H groups in total. The number of carbonyl (C=O) groups excluding carboxylic acids is 1. The molecule has 0 atom stereocenters. The molecule has 0 saturated carbocycles. The highest BCUT2D eigenvalue weighted by Crippen LogP contribution is 2.17. The van der Waals surface area contributed by atoms with E-state index >= 15 is 0 Å². The fraction of sp³-hybridized carbons (Fsp3) is 0.211. The van der Waals surface area contributed by atoms with Crippen molar-refractivity contribution in [2.24, 2.45) is 0 Å². The molecule has 1 fully saturated rings. The predicted molar refractivity (Wildman–Crippen MR) is 97.2 cm³/mol. The molecular weight excluding hydrogens is 355 g/mol. The smallest absolute Gasteiger partial charge is 0.246 e. The third kappa shape index (κ3) is 4.17. The summed E-state index contributed by atoms with van der Waals surface area (Å²) in [6.07, 6.45) is 2.94. The first-order valence-electron chi connectivity index (χ1n) is 8.24. The van der Waals surface area contributed by atoms with E-state index in [2.05, 4.69) is 0 Å². The Bertz CT molecular complexity index is 905. The number of benzene rings is 2. The van der Waals surface area contributed by atoms with Crippen LogP contribution in [0, 0.1) is 5.82 Å². The van der Waals surface area contributed by atoms with Crippen molar-refractivity contribution in [3.05, 3.63) is 72.1 Å². The van der Waals surface area contributed by atoms with Crippen molar-refractivity contribution in [2.45, 2.75) is 4.90 Å². The lowest BCUT2D eigenvalue weighted by molar-refractivity contribution is -0.127. The summed E-state index contributed by atoms with van der Waals surface area (Å²) < 4.78 is 39.7. The molecule has 1 heterocycles. The number of sulfonamides is 1. The van der Waals surface area contributed by atoms with Gasteiger partial charge in [-0.05, 0) is 35.9 Å². The van der Waals surface area contributed by atoms with Gasteiger partial charge in [0.05, 0.1) is 4.90 Å². The van der Waals surface area contributed by atoms with Gasteiger partial charge in [-0.2, -0.15) is 4.31 Å². The molecule has 26 heavy (non-hydrogen) atoms. The monoisotopic (exact) mass is 374 g/mol. The fourth-order valence-corrected chi connectivity index (χ4v) is 4.22. The molecule has 1 aliphatic heterocycles. The van der Waals surface area contributed by atoms with Crippen molar-refractivity contribution < 1.29 is 17.6 Å². The van der Waals surface area contributed by atoms with Crippen molar-refractivity contribution >= 4 is 22.0 Å². The number of carbonyl (C=O) groups is 1. The second kappa shape index (κ2) is 7.80. The molecule has 2 aromatic rings. The SMILES string of the molecule is O=C(/C=C/c1cccc(F)c1)N1CCN(S(=O)(=O)c2ccccc2)CC1. The summed E-state index contributed by atoms with van der Waals surface area (Å²) >= 11 is 0. The standard InChI is InChI=1S/C19H19FN2O3S/c20-17-6-4-5-16(15-17)9-10-19(23)21-11-13-22(14-12-21)26(24,25)18-7-2-1-3-8-18/h1-10,15H,11-14H2/b10-9+. The lowest BCUT2D eigenvalue weighted by atomic mass is 10.2. The summed E-state index contributed by atoms with van der Waals surface area (Å²) in [4.78, 5) is 14.1. The third-order valence-electron chi connectivity index (χ3n) is 4.20. The first kappa shape index (κ1) is 18.3. The zero-order chi connectivity index (χ0) is 18.6. The summed E-state index contributed by atoms with van der Waals surface area (Å²) in [7, 11) is -3.54. The maximum atomic E-state index is 13.1. The quantitative estimate of drug-likeness (QED) is 0.772. The molecule has 3 rings (SSSR count). The Kier molecular flexibility index (Phi) is 5.49. The summed E-state index contributed by atoms with van der Waals surface area (Å²) in [5.74, 6) is -0.578. The van der Waals surface area contributed by atoms with Crippen molar-refractivity contribution in [3.8, 4) is 0 Å². The minimum atomic E-state index is -3.54. The minimum Gasteiger partial charge on any atom is -0.337 e. The van der Waals surface area contributed by atoms with Gasteiger partial charge in [0, 0.05) is 32.3 Å². The predicted octanol–water partition coefficient (Wildman–Crippen LogP) is 2.37. The Labute approximate surface area is 152 Å². The molecule has 0 unspecified atom stereocenters.